The number of nitrogens with zero attached hydrogens (tertiary/aromatic N) is 1. The first-order valence-corrected chi connectivity index (χ1v) is 21.2. The number of para-hydroxylation sites is 2. The number of benzene rings is 5. The van der Waals surface area contributed by atoms with E-state index in [1.165, 1.54) is 26.2 Å². The number of hydrogen-bond donors (Lipinski definition) is 6. The molecule has 6 N–H and O–H groups in total. The summed E-state index contributed by atoms with van der Waals surface area (Å²) in [5.41, 5.74) is 6.54. The van der Waals surface area contributed by atoms with Crippen molar-refractivity contribution < 1.29 is 52.8 Å². The minimum atomic E-state index is -0.881. The summed E-state index contributed by atoms with van der Waals surface area (Å²) in [5, 5.41) is 22.6. The molecule has 0 aromatic heterocycles. The largest absolute Gasteiger partial charge is 0.493 e. The number of carbonyl (C=O) groups excluding carboxylic acids is 5. The molecule has 5 rings (SSSR count). The molecule has 0 aliphatic carbocycles. The minimum absolute atomic E-state index is 0.0321. The molecule has 0 heterocycles. The van der Waals surface area contributed by atoms with E-state index in [1.807, 2.05) is 62.4 Å². The summed E-state index contributed by atoms with van der Waals surface area (Å²) in [6.07, 6.45) is 0.404. The van der Waals surface area contributed by atoms with Crippen molar-refractivity contribution in [3.8, 4) is 11.5 Å². The van der Waals surface area contributed by atoms with Gasteiger partial charge >= 0.3 is 24.0 Å². The van der Waals surface area contributed by atoms with Crippen molar-refractivity contribution in [3.63, 3.8) is 0 Å². The monoisotopic (exact) mass is 918 g/mol. The van der Waals surface area contributed by atoms with Crippen LogP contribution in [0.2, 0.25) is 0 Å². The topological polar surface area (TPSA) is 223 Å². The Morgan fingerprint density at radius 2 is 1.15 bits per heavy atom. The number of anilines is 4. The van der Waals surface area contributed by atoms with Crippen molar-refractivity contribution in [1.29, 1.82) is 0 Å². The van der Waals surface area contributed by atoms with E-state index in [0.717, 1.165) is 16.8 Å². The van der Waals surface area contributed by atoms with Gasteiger partial charge in [-0.15, -0.1) is 0 Å². The van der Waals surface area contributed by atoms with E-state index in [9.17, 15) is 28.8 Å². The van der Waals surface area contributed by atoms with Crippen molar-refractivity contribution in [2.24, 2.45) is 0 Å². The normalized spacial score (nSPS) is 10.8. The van der Waals surface area contributed by atoms with Gasteiger partial charge in [0.15, 0.2) is 11.5 Å². The first kappa shape index (κ1) is 51.7. The predicted molar refractivity (Wildman–Crippen MR) is 256 cm³/mol. The van der Waals surface area contributed by atoms with Crippen LogP contribution in [-0.4, -0.2) is 94.0 Å². The summed E-state index contributed by atoms with van der Waals surface area (Å²) >= 11 is 0. The molecule has 17 nitrogen and oxygen atoms in total. The first-order chi connectivity index (χ1) is 32.2. The number of carboxylic acids is 1. The maximum atomic E-state index is 13.4. The fourth-order valence-corrected chi connectivity index (χ4v) is 6.55. The third-order valence-corrected chi connectivity index (χ3v) is 10.1. The van der Waals surface area contributed by atoms with Crippen molar-refractivity contribution >= 4 is 58.6 Å². The van der Waals surface area contributed by atoms with Crippen LogP contribution >= 0.6 is 0 Å². The number of aryl methyl sites for hydroxylation is 2. The van der Waals surface area contributed by atoms with E-state index in [2.05, 4.69) is 26.6 Å². The number of rotatable bonds is 20. The average Bonchev–Trinajstić information content (AvgIpc) is 3.31. The fourth-order valence-electron chi connectivity index (χ4n) is 6.55. The van der Waals surface area contributed by atoms with Crippen LogP contribution in [0.15, 0.2) is 115 Å². The average molecular weight is 919 g/mol. The Hall–Kier alpha value is -7.92. The van der Waals surface area contributed by atoms with Gasteiger partial charge in [-0.2, -0.15) is 0 Å². The molecule has 354 valence electrons. The van der Waals surface area contributed by atoms with Crippen LogP contribution in [0.1, 0.15) is 46.7 Å². The molecule has 0 aliphatic heterocycles. The molecule has 17 heteroatoms. The number of carboxylic acid groups (broad SMARTS) is 1. The molecule has 1 atom stereocenters. The number of ether oxygens (including phenoxy) is 4. The van der Waals surface area contributed by atoms with Gasteiger partial charge in [-0.1, -0.05) is 66.7 Å². The Balaban J connectivity index is 0.000000387. The van der Waals surface area contributed by atoms with Gasteiger partial charge in [-0.3, -0.25) is 19.2 Å². The lowest BCUT2D eigenvalue weighted by Crippen LogP contribution is -2.43. The van der Waals surface area contributed by atoms with Crippen molar-refractivity contribution in [2.45, 2.75) is 45.6 Å². The van der Waals surface area contributed by atoms with Gasteiger partial charge in [0.1, 0.15) is 0 Å². The Kier molecular flexibility index (Phi) is 20.7. The first-order valence-electron chi connectivity index (χ1n) is 21.2. The van der Waals surface area contributed by atoms with Crippen molar-refractivity contribution in [2.75, 3.05) is 69.4 Å². The minimum Gasteiger partial charge on any atom is -0.493 e. The summed E-state index contributed by atoms with van der Waals surface area (Å²) in [6.45, 7) is 4.29. The maximum Gasteiger partial charge on any atom is 0.323 e. The molecule has 5 aromatic carbocycles. The Morgan fingerprint density at radius 3 is 1.63 bits per heavy atom. The molecule has 5 aromatic rings. The number of nitrogens with one attached hydrogen (secondary N) is 5. The zero-order valence-corrected chi connectivity index (χ0v) is 38.5. The highest BCUT2D eigenvalue weighted by atomic mass is 16.5. The molecule has 0 unspecified atom stereocenters. The van der Waals surface area contributed by atoms with Crippen molar-refractivity contribution in [1.82, 2.24) is 10.2 Å². The van der Waals surface area contributed by atoms with Crippen LogP contribution in [-0.2, 0) is 41.5 Å². The number of hydrogen-bond acceptors (Lipinski definition) is 10. The summed E-state index contributed by atoms with van der Waals surface area (Å²) in [4.78, 5) is 75.3. The van der Waals surface area contributed by atoms with E-state index in [0.29, 0.717) is 58.3 Å². The SMILES string of the molecule is COCCCN(CC(=O)N[C@@H](CC(=O)OC)c1ccc(OC)c(OC)c1)C(=O)Cc1ccc(NC(=O)Nc2ccccc2C)cc1.Cc1ccccc1NC(=O)Nc1ccc(CC(=O)O)cc1. The molecule has 0 saturated heterocycles. The third-order valence-electron chi connectivity index (χ3n) is 10.1. The van der Waals surface area contributed by atoms with Gasteiger partial charge in [0.25, 0.3) is 0 Å². The highest BCUT2D eigenvalue weighted by Crippen LogP contribution is 2.31. The van der Waals surface area contributed by atoms with Crippen LogP contribution in [0.5, 0.6) is 11.5 Å². The van der Waals surface area contributed by atoms with Gasteiger partial charge < -0.3 is 55.5 Å². The van der Waals surface area contributed by atoms with E-state index in [4.69, 9.17) is 24.1 Å². The Bertz CT molecular complexity index is 2440. The van der Waals surface area contributed by atoms with E-state index < -0.39 is 23.9 Å². The quantitative estimate of drug-likeness (QED) is 0.0327. The third kappa shape index (κ3) is 17.5. The molecule has 0 aliphatic rings. The molecule has 0 bridgehead atoms. The standard InChI is InChI=1S/C34H42N4O8.C16H16N2O3/c1-23-9-6-7-10-27(23)37-34(42)35-26-14-11-24(12-15-26)19-32(40)38(17-8-18-43-2)22-31(39)36-28(21-33(41)46-5)25-13-16-29(44-3)30(20-25)45-4;1-11-4-2-3-5-14(11)18-16(21)17-13-8-6-12(7-9-13)10-15(19)20/h6-7,9-16,20,28H,8,17-19,21-22H2,1-5H3,(H,36,39)(H2,35,37,42);2-9H,10H2,1H3,(H,19,20)(H2,17,18,21)/t28-;/m0./s1. The smallest absolute Gasteiger partial charge is 0.323 e. The number of esters is 1. The Labute approximate surface area is 390 Å². The zero-order chi connectivity index (χ0) is 48.7. The summed E-state index contributed by atoms with van der Waals surface area (Å²) in [6, 6.07) is 32.2. The number of methoxy groups -OCH3 is 4. The van der Waals surface area contributed by atoms with Gasteiger partial charge in [-0.05, 0) is 96.6 Å². The van der Waals surface area contributed by atoms with Crippen LogP contribution in [0.25, 0.3) is 0 Å². The van der Waals surface area contributed by atoms with E-state index in [1.54, 1.807) is 73.8 Å². The summed E-state index contributed by atoms with van der Waals surface area (Å²) in [5.74, 6) is -1.17. The lowest BCUT2D eigenvalue weighted by Gasteiger charge is -2.25. The van der Waals surface area contributed by atoms with Crippen LogP contribution in [0.3, 0.4) is 0 Å². The Morgan fingerprint density at radius 1 is 0.627 bits per heavy atom. The number of urea groups is 2. The number of carbonyl (C=O) groups is 6. The summed E-state index contributed by atoms with van der Waals surface area (Å²) < 4.78 is 20.7. The zero-order valence-electron chi connectivity index (χ0n) is 38.5. The van der Waals surface area contributed by atoms with Crippen LogP contribution in [0.4, 0.5) is 32.3 Å². The van der Waals surface area contributed by atoms with Crippen molar-refractivity contribution in [3.05, 3.63) is 143 Å². The van der Waals surface area contributed by atoms with Crippen LogP contribution < -0.4 is 36.1 Å². The highest BCUT2D eigenvalue weighted by molar-refractivity contribution is 6.01. The lowest BCUT2D eigenvalue weighted by atomic mass is 10.0. The van der Waals surface area contributed by atoms with E-state index >= 15 is 0 Å². The second-order valence-corrected chi connectivity index (χ2v) is 15.1. The van der Waals surface area contributed by atoms with E-state index in [-0.39, 0.29) is 50.3 Å². The molecule has 6 amide bonds. The maximum absolute atomic E-state index is 13.4. The fraction of sp³-hybridized carbons (Fsp3) is 0.280. The predicted octanol–water partition coefficient (Wildman–Crippen LogP) is 7.75. The molecule has 0 saturated carbocycles. The molecular formula is C50H58N6O11. The molecular weight excluding hydrogens is 861 g/mol. The molecule has 0 radical (unpaired) electrons. The molecule has 0 fully saturated rings. The molecule has 0 spiro atoms. The van der Waals surface area contributed by atoms with Gasteiger partial charge in [0.2, 0.25) is 11.8 Å². The lowest BCUT2D eigenvalue weighted by molar-refractivity contribution is -0.142. The number of aliphatic carboxylic acids is 1. The number of amides is 6. The van der Waals surface area contributed by atoms with Crippen LogP contribution in [0, 0.1) is 13.8 Å². The summed E-state index contributed by atoms with van der Waals surface area (Å²) in [7, 11) is 5.84. The molecule has 67 heavy (non-hydrogen) atoms. The second kappa shape index (κ2) is 26.8. The highest BCUT2D eigenvalue weighted by Gasteiger charge is 2.24. The van der Waals surface area contributed by atoms with Gasteiger partial charge in [-0.25, -0.2) is 9.59 Å². The van der Waals surface area contributed by atoms with Gasteiger partial charge in [0, 0.05) is 43.0 Å². The second-order valence-electron chi connectivity index (χ2n) is 15.1. The van der Waals surface area contributed by atoms with Gasteiger partial charge in [0.05, 0.1) is 53.2 Å².